The summed E-state index contributed by atoms with van der Waals surface area (Å²) in [5, 5.41) is 6.14. The number of amides is 1. The van der Waals surface area contributed by atoms with Gasteiger partial charge in [0.2, 0.25) is 5.91 Å². The normalized spacial score (nSPS) is 18.5. The van der Waals surface area contributed by atoms with Crippen LogP contribution in [-0.4, -0.2) is 55.2 Å². The third kappa shape index (κ3) is 4.22. The Kier molecular flexibility index (Phi) is 5.83. The predicted molar refractivity (Wildman–Crippen MR) is 133 cm³/mol. The fourth-order valence-electron chi connectivity index (χ4n) is 5.10. The molecule has 0 saturated carbocycles. The lowest BCUT2D eigenvalue weighted by molar-refractivity contribution is -0.116. The van der Waals surface area contributed by atoms with Crippen molar-refractivity contribution < 1.29 is 9.32 Å². The number of para-hydroxylation sites is 1. The Morgan fingerprint density at radius 1 is 1.12 bits per heavy atom. The summed E-state index contributed by atoms with van der Waals surface area (Å²) in [5.74, 6) is 1.02. The zero-order chi connectivity index (χ0) is 23.2. The summed E-state index contributed by atoms with van der Waals surface area (Å²) in [6, 6.07) is 12.3. The van der Waals surface area contributed by atoms with Crippen molar-refractivity contribution in [3.8, 4) is 0 Å². The Labute approximate surface area is 200 Å². The molecule has 174 valence electrons. The molecule has 7 heteroatoms. The van der Waals surface area contributed by atoms with E-state index in [0.29, 0.717) is 0 Å². The number of hydrogen-bond acceptors (Lipinski definition) is 5. The van der Waals surface area contributed by atoms with Crippen molar-refractivity contribution in [1.29, 1.82) is 0 Å². The zero-order valence-electron chi connectivity index (χ0n) is 19.6. The van der Waals surface area contributed by atoms with Crippen LogP contribution >= 0.6 is 11.6 Å². The molecule has 0 aliphatic carbocycles. The van der Waals surface area contributed by atoms with E-state index >= 15 is 0 Å². The second kappa shape index (κ2) is 8.65. The summed E-state index contributed by atoms with van der Waals surface area (Å²) in [7, 11) is 0. The van der Waals surface area contributed by atoms with E-state index in [1.54, 1.807) is 6.92 Å². The molecule has 0 bridgehead atoms. The van der Waals surface area contributed by atoms with E-state index in [1.165, 1.54) is 11.1 Å². The van der Waals surface area contributed by atoms with Crippen molar-refractivity contribution in [2.24, 2.45) is 0 Å². The molecule has 2 aromatic carbocycles. The standard InChI is InChI=1S/C26H31ClN4O2/c1-18(32)31-11-9-26(2,3)21-16-19(22(27)17-23(21)31)8-10-29-12-14-30(15-13-29)25-20-6-4-5-7-24(20)33-28-25/h4-7,16-17H,8-15H2,1-3H3. The first-order valence-corrected chi connectivity index (χ1v) is 12.1. The Morgan fingerprint density at radius 3 is 2.64 bits per heavy atom. The van der Waals surface area contributed by atoms with E-state index in [0.717, 1.165) is 79.6 Å². The highest BCUT2D eigenvalue weighted by Gasteiger charge is 2.33. The molecule has 0 radical (unpaired) electrons. The molecule has 1 aromatic heterocycles. The molecular weight excluding hydrogens is 436 g/mol. The summed E-state index contributed by atoms with van der Waals surface area (Å²) in [4.78, 5) is 18.8. The average molecular weight is 467 g/mol. The number of piperazine rings is 1. The van der Waals surface area contributed by atoms with Crippen LogP contribution in [-0.2, 0) is 16.6 Å². The SMILES string of the molecule is CC(=O)N1CCC(C)(C)c2cc(CCN3CCN(c4noc5ccccc45)CC3)c(Cl)cc21. The zero-order valence-corrected chi connectivity index (χ0v) is 20.4. The van der Waals surface area contributed by atoms with Crippen LogP contribution in [0.2, 0.25) is 5.02 Å². The molecular formula is C26H31ClN4O2. The van der Waals surface area contributed by atoms with Crippen LogP contribution < -0.4 is 9.80 Å². The fourth-order valence-corrected chi connectivity index (χ4v) is 5.35. The number of aromatic nitrogens is 1. The first-order chi connectivity index (χ1) is 15.8. The van der Waals surface area contributed by atoms with Gasteiger partial charge in [0.25, 0.3) is 0 Å². The van der Waals surface area contributed by atoms with Gasteiger partial charge in [0, 0.05) is 56.9 Å². The largest absolute Gasteiger partial charge is 0.354 e. The Balaban J connectivity index is 1.25. The van der Waals surface area contributed by atoms with E-state index in [2.05, 4.69) is 40.9 Å². The summed E-state index contributed by atoms with van der Waals surface area (Å²) in [5.41, 5.74) is 4.24. The first-order valence-electron chi connectivity index (χ1n) is 11.8. The molecule has 0 spiro atoms. The Bertz CT molecular complexity index is 1180. The summed E-state index contributed by atoms with van der Waals surface area (Å²) >= 11 is 6.70. The quantitative estimate of drug-likeness (QED) is 0.548. The van der Waals surface area contributed by atoms with Gasteiger partial charge >= 0.3 is 0 Å². The highest BCUT2D eigenvalue weighted by atomic mass is 35.5. The average Bonchev–Trinajstić information content (AvgIpc) is 3.22. The van der Waals surface area contributed by atoms with Gasteiger partial charge in [0.1, 0.15) is 0 Å². The van der Waals surface area contributed by atoms with Gasteiger partial charge in [-0.2, -0.15) is 0 Å². The lowest BCUT2D eigenvalue weighted by atomic mass is 9.77. The van der Waals surface area contributed by atoms with Crippen LogP contribution in [0.5, 0.6) is 0 Å². The highest BCUT2D eigenvalue weighted by Crippen LogP contribution is 2.42. The monoisotopic (exact) mass is 466 g/mol. The van der Waals surface area contributed by atoms with Crippen molar-refractivity contribution in [3.05, 3.63) is 52.5 Å². The lowest BCUT2D eigenvalue weighted by Crippen LogP contribution is -2.47. The molecule has 3 aromatic rings. The number of carbonyl (C=O) groups excluding carboxylic acids is 1. The number of carbonyl (C=O) groups is 1. The van der Waals surface area contributed by atoms with Gasteiger partial charge in [-0.1, -0.05) is 48.8 Å². The van der Waals surface area contributed by atoms with Crippen LogP contribution in [0.25, 0.3) is 11.0 Å². The molecule has 1 amide bonds. The van der Waals surface area contributed by atoms with Gasteiger partial charge in [0.15, 0.2) is 11.4 Å². The second-order valence-electron chi connectivity index (χ2n) is 9.85. The number of anilines is 2. The number of nitrogens with zero attached hydrogens (tertiary/aromatic N) is 4. The van der Waals surface area contributed by atoms with Gasteiger partial charge in [-0.15, -0.1) is 0 Å². The molecule has 0 atom stereocenters. The Morgan fingerprint density at radius 2 is 1.88 bits per heavy atom. The van der Waals surface area contributed by atoms with Crippen molar-refractivity contribution in [3.63, 3.8) is 0 Å². The molecule has 1 saturated heterocycles. The molecule has 5 rings (SSSR count). The van der Waals surface area contributed by atoms with Crippen LogP contribution in [0.3, 0.4) is 0 Å². The molecule has 33 heavy (non-hydrogen) atoms. The van der Waals surface area contributed by atoms with E-state index in [-0.39, 0.29) is 11.3 Å². The number of benzene rings is 2. The lowest BCUT2D eigenvalue weighted by Gasteiger charge is -2.39. The minimum atomic E-state index is 0.0343. The molecule has 0 N–H and O–H groups in total. The maximum Gasteiger partial charge on any atom is 0.223 e. The maximum absolute atomic E-state index is 12.1. The predicted octanol–water partition coefficient (Wildman–Crippen LogP) is 4.88. The van der Waals surface area contributed by atoms with Crippen molar-refractivity contribution in [2.45, 2.75) is 39.0 Å². The van der Waals surface area contributed by atoms with E-state index in [9.17, 15) is 4.79 Å². The molecule has 2 aliphatic heterocycles. The molecule has 0 unspecified atom stereocenters. The number of rotatable bonds is 4. The summed E-state index contributed by atoms with van der Waals surface area (Å²) in [6.07, 6.45) is 1.86. The van der Waals surface area contributed by atoms with E-state index < -0.39 is 0 Å². The van der Waals surface area contributed by atoms with Gasteiger partial charge in [-0.3, -0.25) is 9.69 Å². The summed E-state index contributed by atoms with van der Waals surface area (Å²) in [6.45, 7) is 11.7. The third-order valence-corrected chi connectivity index (χ3v) is 7.60. The molecule has 2 aliphatic rings. The molecule has 1 fully saturated rings. The van der Waals surface area contributed by atoms with Gasteiger partial charge in [-0.05, 0) is 47.6 Å². The third-order valence-electron chi connectivity index (χ3n) is 7.25. The molecule has 6 nitrogen and oxygen atoms in total. The van der Waals surface area contributed by atoms with Crippen molar-refractivity contribution in [1.82, 2.24) is 10.1 Å². The minimum absolute atomic E-state index is 0.0343. The number of halogens is 1. The maximum atomic E-state index is 12.1. The van der Waals surface area contributed by atoms with Gasteiger partial charge in [-0.25, -0.2) is 0 Å². The van der Waals surface area contributed by atoms with Crippen LogP contribution in [0, 0.1) is 0 Å². The van der Waals surface area contributed by atoms with Crippen molar-refractivity contribution in [2.75, 3.05) is 49.1 Å². The van der Waals surface area contributed by atoms with E-state index in [1.807, 2.05) is 29.2 Å². The van der Waals surface area contributed by atoms with E-state index in [4.69, 9.17) is 16.1 Å². The van der Waals surface area contributed by atoms with Gasteiger partial charge in [0.05, 0.1) is 5.39 Å². The number of fused-ring (bicyclic) bond motifs is 2. The van der Waals surface area contributed by atoms with Crippen molar-refractivity contribution >= 4 is 40.0 Å². The first kappa shape index (κ1) is 22.2. The van der Waals surface area contributed by atoms with Crippen LogP contribution in [0.4, 0.5) is 11.5 Å². The van der Waals surface area contributed by atoms with Gasteiger partial charge < -0.3 is 14.3 Å². The number of hydrogen-bond donors (Lipinski definition) is 0. The second-order valence-corrected chi connectivity index (χ2v) is 10.3. The fraction of sp³-hybridized carbons (Fsp3) is 0.462. The topological polar surface area (TPSA) is 52.8 Å². The molecule has 3 heterocycles. The smallest absolute Gasteiger partial charge is 0.223 e. The minimum Gasteiger partial charge on any atom is -0.354 e. The van der Waals surface area contributed by atoms with Crippen LogP contribution in [0.1, 0.15) is 38.3 Å². The Hall–Kier alpha value is -2.57. The summed E-state index contributed by atoms with van der Waals surface area (Å²) < 4.78 is 5.49. The highest BCUT2D eigenvalue weighted by molar-refractivity contribution is 6.31. The van der Waals surface area contributed by atoms with Crippen LogP contribution in [0.15, 0.2) is 40.9 Å².